The smallest absolute Gasteiger partial charge is 0.234 e. The Balaban J connectivity index is 1.89. The molecule has 0 aliphatic heterocycles. The number of aryl methyl sites for hydroxylation is 1. The largest absolute Gasteiger partial charge is 0.352 e. The van der Waals surface area contributed by atoms with Crippen LogP contribution in [0.1, 0.15) is 25.8 Å². The van der Waals surface area contributed by atoms with Crippen LogP contribution in [0.5, 0.6) is 0 Å². The fraction of sp³-hybridized carbons (Fsp3) is 0.333. The summed E-state index contributed by atoms with van der Waals surface area (Å²) in [5.41, 5.74) is 0.947. The minimum Gasteiger partial charge on any atom is -0.352 e. The van der Waals surface area contributed by atoms with E-state index >= 15 is 0 Å². The molecule has 2 rings (SSSR count). The minimum atomic E-state index is -0.240. The molecular formula is C15H18FN5O. The fourth-order valence-electron chi connectivity index (χ4n) is 1.95. The third-order valence-electron chi connectivity index (χ3n) is 2.99. The van der Waals surface area contributed by atoms with Crippen LogP contribution in [0.4, 0.5) is 16.3 Å². The highest BCUT2D eigenvalue weighted by Crippen LogP contribution is 2.10. The van der Waals surface area contributed by atoms with Crippen molar-refractivity contribution in [3.63, 3.8) is 0 Å². The first kappa shape index (κ1) is 15.8. The zero-order valence-electron chi connectivity index (χ0n) is 12.5. The van der Waals surface area contributed by atoms with Gasteiger partial charge in [0.1, 0.15) is 12.1 Å². The van der Waals surface area contributed by atoms with Gasteiger partial charge in [-0.2, -0.15) is 4.98 Å². The van der Waals surface area contributed by atoms with E-state index in [0.29, 0.717) is 5.95 Å². The third-order valence-corrected chi connectivity index (χ3v) is 2.99. The lowest BCUT2D eigenvalue weighted by Crippen LogP contribution is -2.19. The van der Waals surface area contributed by atoms with Crippen LogP contribution in [0.15, 0.2) is 30.6 Å². The van der Waals surface area contributed by atoms with Crippen molar-refractivity contribution in [2.24, 2.45) is 0 Å². The van der Waals surface area contributed by atoms with E-state index in [1.807, 2.05) is 13.0 Å². The molecule has 1 aromatic carbocycles. The van der Waals surface area contributed by atoms with E-state index in [1.54, 1.807) is 6.07 Å². The molecule has 1 unspecified atom stereocenters. The van der Waals surface area contributed by atoms with Gasteiger partial charge in [0.15, 0.2) is 0 Å². The van der Waals surface area contributed by atoms with Crippen molar-refractivity contribution < 1.29 is 9.18 Å². The van der Waals surface area contributed by atoms with Crippen LogP contribution in [-0.4, -0.2) is 26.9 Å². The lowest BCUT2D eigenvalue weighted by atomic mass is 10.1. The van der Waals surface area contributed by atoms with Crippen molar-refractivity contribution in [3.05, 3.63) is 42.0 Å². The zero-order chi connectivity index (χ0) is 15.9. The van der Waals surface area contributed by atoms with E-state index in [-0.39, 0.29) is 23.7 Å². The summed E-state index contributed by atoms with van der Waals surface area (Å²) in [5.74, 6) is 0.139. The van der Waals surface area contributed by atoms with Crippen molar-refractivity contribution in [2.75, 3.05) is 10.6 Å². The maximum atomic E-state index is 13.1. The van der Waals surface area contributed by atoms with Gasteiger partial charge in [-0.3, -0.25) is 10.1 Å². The summed E-state index contributed by atoms with van der Waals surface area (Å²) >= 11 is 0. The summed E-state index contributed by atoms with van der Waals surface area (Å²) in [7, 11) is 0. The Hall–Kier alpha value is -2.57. The van der Waals surface area contributed by atoms with Gasteiger partial charge in [-0.25, -0.2) is 14.4 Å². The number of amides is 1. The first-order chi connectivity index (χ1) is 10.5. The van der Waals surface area contributed by atoms with Crippen LogP contribution < -0.4 is 10.6 Å². The maximum absolute atomic E-state index is 13.1. The van der Waals surface area contributed by atoms with Crippen LogP contribution in [0.25, 0.3) is 0 Å². The highest BCUT2D eigenvalue weighted by atomic mass is 19.1. The second-order valence-corrected chi connectivity index (χ2v) is 5.03. The van der Waals surface area contributed by atoms with E-state index in [4.69, 9.17) is 0 Å². The Kier molecular flexibility index (Phi) is 5.35. The number of aromatic nitrogens is 3. The number of carbonyl (C=O) groups excluding carboxylic acids is 1. The second kappa shape index (κ2) is 7.44. The molecule has 0 fully saturated rings. The molecule has 0 radical (unpaired) electrons. The molecule has 0 bridgehead atoms. The molecule has 6 nitrogen and oxygen atoms in total. The van der Waals surface area contributed by atoms with Gasteiger partial charge in [0.25, 0.3) is 0 Å². The van der Waals surface area contributed by atoms with Gasteiger partial charge in [-0.1, -0.05) is 12.1 Å². The summed E-state index contributed by atoms with van der Waals surface area (Å²) in [4.78, 5) is 22.9. The van der Waals surface area contributed by atoms with Gasteiger partial charge in [-0.05, 0) is 37.5 Å². The maximum Gasteiger partial charge on any atom is 0.234 e. The van der Waals surface area contributed by atoms with Crippen LogP contribution in [0, 0.1) is 5.82 Å². The van der Waals surface area contributed by atoms with Crippen LogP contribution in [-0.2, 0) is 11.2 Å². The Labute approximate surface area is 128 Å². The van der Waals surface area contributed by atoms with E-state index < -0.39 is 0 Å². The predicted octanol–water partition coefficient (Wildman–Crippen LogP) is 2.40. The summed E-state index contributed by atoms with van der Waals surface area (Å²) in [6.07, 6.45) is 2.88. The normalized spacial score (nSPS) is 11.8. The van der Waals surface area contributed by atoms with Crippen LogP contribution >= 0.6 is 0 Å². The Morgan fingerprint density at radius 2 is 2.09 bits per heavy atom. The summed E-state index contributed by atoms with van der Waals surface area (Å²) in [6, 6.07) is 6.66. The van der Waals surface area contributed by atoms with Crippen molar-refractivity contribution in [1.29, 1.82) is 0 Å². The SMILES string of the molecule is CC(=O)Nc1ncnc(NC(C)CCc2cccc(F)c2)n1. The second-order valence-electron chi connectivity index (χ2n) is 5.03. The number of rotatable bonds is 6. The fourth-order valence-corrected chi connectivity index (χ4v) is 1.95. The molecule has 0 saturated carbocycles. The molecule has 1 heterocycles. The third kappa shape index (κ3) is 5.08. The van der Waals surface area contributed by atoms with Crippen molar-refractivity contribution in [2.45, 2.75) is 32.7 Å². The molecule has 1 aromatic heterocycles. The molecule has 1 amide bonds. The molecule has 116 valence electrons. The van der Waals surface area contributed by atoms with Gasteiger partial charge in [0.2, 0.25) is 17.8 Å². The zero-order valence-corrected chi connectivity index (χ0v) is 12.5. The van der Waals surface area contributed by atoms with Gasteiger partial charge in [0, 0.05) is 13.0 Å². The van der Waals surface area contributed by atoms with Gasteiger partial charge < -0.3 is 5.32 Å². The lowest BCUT2D eigenvalue weighted by molar-refractivity contribution is -0.114. The molecule has 1 atom stereocenters. The van der Waals surface area contributed by atoms with E-state index in [1.165, 1.54) is 25.4 Å². The number of halogens is 1. The molecule has 0 aliphatic carbocycles. The van der Waals surface area contributed by atoms with E-state index in [9.17, 15) is 9.18 Å². The number of carbonyl (C=O) groups is 1. The molecule has 22 heavy (non-hydrogen) atoms. The van der Waals surface area contributed by atoms with E-state index in [0.717, 1.165) is 18.4 Å². The Morgan fingerprint density at radius 3 is 2.82 bits per heavy atom. The lowest BCUT2D eigenvalue weighted by Gasteiger charge is -2.14. The number of anilines is 2. The van der Waals surface area contributed by atoms with Gasteiger partial charge in [0.05, 0.1) is 0 Å². The molecule has 2 N–H and O–H groups in total. The number of nitrogens with zero attached hydrogens (tertiary/aromatic N) is 3. The first-order valence-corrected chi connectivity index (χ1v) is 7.00. The van der Waals surface area contributed by atoms with Crippen LogP contribution in [0.2, 0.25) is 0 Å². The van der Waals surface area contributed by atoms with E-state index in [2.05, 4.69) is 25.6 Å². The first-order valence-electron chi connectivity index (χ1n) is 7.00. The summed E-state index contributed by atoms with van der Waals surface area (Å²) in [6.45, 7) is 3.37. The van der Waals surface area contributed by atoms with Gasteiger partial charge in [-0.15, -0.1) is 0 Å². The predicted molar refractivity (Wildman–Crippen MR) is 81.9 cm³/mol. The Morgan fingerprint density at radius 1 is 1.32 bits per heavy atom. The number of hydrogen-bond acceptors (Lipinski definition) is 5. The highest BCUT2D eigenvalue weighted by molar-refractivity contribution is 5.86. The molecule has 0 aliphatic rings. The average Bonchev–Trinajstić information content (AvgIpc) is 2.45. The molecule has 2 aromatic rings. The molecule has 0 spiro atoms. The van der Waals surface area contributed by atoms with Crippen LogP contribution in [0.3, 0.4) is 0 Å². The average molecular weight is 303 g/mol. The summed E-state index contributed by atoms with van der Waals surface area (Å²) < 4.78 is 13.1. The number of benzene rings is 1. The standard InChI is InChI=1S/C15H18FN5O/c1-10(6-7-12-4-3-5-13(16)8-12)19-14-17-9-18-15(21-14)20-11(2)22/h3-5,8-10H,6-7H2,1-2H3,(H2,17,18,19,20,21,22). The van der Waals surface area contributed by atoms with Crippen molar-refractivity contribution in [1.82, 2.24) is 15.0 Å². The molecular weight excluding hydrogens is 285 g/mol. The monoisotopic (exact) mass is 303 g/mol. The molecule has 7 heteroatoms. The van der Waals surface area contributed by atoms with Gasteiger partial charge >= 0.3 is 0 Å². The number of nitrogens with one attached hydrogen (secondary N) is 2. The van der Waals surface area contributed by atoms with Crippen molar-refractivity contribution in [3.8, 4) is 0 Å². The highest BCUT2D eigenvalue weighted by Gasteiger charge is 2.07. The minimum absolute atomic E-state index is 0.0934. The quantitative estimate of drug-likeness (QED) is 0.856. The Bertz CT molecular complexity index is 649. The summed E-state index contributed by atoms with van der Waals surface area (Å²) in [5, 5.41) is 5.63. The molecule has 0 saturated heterocycles. The number of hydrogen-bond donors (Lipinski definition) is 2. The topological polar surface area (TPSA) is 79.8 Å². The van der Waals surface area contributed by atoms with Crippen molar-refractivity contribution >= 4 is 17.8 Å².